The van der Waals surface area contributed by atoms with Crippen molar-refractivity contribution in [3.05, 3.63) is 65.2 Å². The average Bonchev–Trinajstić information content (AvgIpc) is 2.76. The first-order chi connectivity index (χ1) is 12.5. The fourth-order valence-electron chi connectivity index (χ4n) is 3.19. The van der Waals surface area contributed by atoms with Crippen LogP contribution in [0, 0.1) is 11.6 Å². The summed E-state index contributed by atoms with van der Waals surface area (Å²) >= 11 is 0. The number of benzene rings is 2. The van der Waals surface area contributed by atoms with Gasteiger partial charge in [0.25, 0.3) is 0 Å². The first-order valence-electron chi connectivity index (χ1n) is 8.64. The molecule has 1 N–H and O–H groups in total. The van der Waals surface area contributed by atoms with Gasteiger partial charge < -0.3 is 10.2 Å². The normalized spacial score (nSPS) is 16.7. The Morgan fingerprint density at radius 2 is 1.85 bits per heavy atom. The number of nitrogens with zero attached hydrogens (tertiary/aromatic N) is 1. The SMILES string of the molecule is CCCCC(=O)N1CC(=O)Nc2ccc(F)cc2[C@@H]1c1ccc(F)cc1. The molecule has 136 valence electrons. The van der Waals surface area contributed by atoms with Crippen molar-refractivity contribution in [3.63, 3.8) is 0 Å². The Morgan fingerprint density at radius 3 is 2.54 bits per heavy atom. The molecule has 26 heavy (non-hydrogen) atoms. The molecule has 2 amide bonds. The van der Waals surface area contributed by atoms with Crippen LogP contribution in [0.5, 0.6) is 0 Å². The van der Waals surface area contributed by atoms with Gasteiger partial charge in [0.15, 0.2) is 0 Å². The van der Waals surface area contributed by atoms with Crippen molar-refractivity contribution < 1.29 is 18.4 Å². The molecule has 0 aromatic heterocycles. The molecule has 2 aromatic rings. The van der Waals surface area contributed by atoms with Crippen LogP contribution in [0.2, 0.25) is 0 Å². The predicted molar refractivity (Wildman–Crippen MR) is 94.5 cm³/mol. The number of hydrogen-bond acceptors (Lipinski definition) is 2. The molecule has 1 aliphatic rings. The molecule has 0 saturated carbocycles. The number of rotatable bonds is 4. The van der Waals surface area contributed by atoms with Gasteiger partial charge in [-0.25, -0.2) is 8.78 Å². The number of carbonyl (C=O) groups excluding carboxylic acids is 2. The van der Waals surface area contributed by atoms with Crippen molar-refractivity contribution in [2.75, 3.05) is 11.9 Å². The lowest BCUT2D eigenvalue weighted by atomic mass is 9.95. The predicted octanol–water partition coefficient (Wildman–Crippen LogP) is 4.03. The Bertz CT molecular complexity index is 821. The Kier molecular flexibility index (Phi) is 5.30. The van der Waals surface area contributed by atoms with Crippen molar-refractivity contribution in [2.24, 2.45) is 0 Å². The Morgan fingerprint density at radius 1 is 1.15 bits per heavy atom. The zero-order chi connectivity index (χ0) is 18.7. The second-order valence-corrected chi connectivity index (χ2v) is 6.36. The largest absolute Gasteiger partial charge is 0.324 e. The summed E-state index contributed by atoms with van der Waals surface area (Å²) in [5, 5.41) is 2.73. The van der Waals surface area contributed by atoms with E-state index in [-0.39, 0.29) is 18.4 Å². The molecular formula is C20H20F2N2O2. The van der Waals surface area contributed by atoms with Gasteiger partial charge >= 0.3 is 0 Å². The second kappa shape index (κ2) is 7.64. The molecular weight excluding hydrogens is 338 g/mol. The van der Waals surface area contributed by atoms with Crippen LogP contribution in [0.25, 0.3) is 0 Å². The van der Waals surface area contributed by atoms with E-state index in [1.807, 2.05) is 6.92 Å². The van der Waals surface area contributed by atoms with E-state index >= 15 is 0 Å². The van der Waals surface area contributed by atoms with E-state index in [0.29, 0.717) is 29.7 Å². The summed E-state index contributed by atoms with van der Waals surface area (Å²) in [6.45, 7) is 1.84. The number of halogens is 2. The number of fused-ring (bicyclic) bond motifs is 1. The molecule has 6 heteroatoms. The van der Waals surface area contributed by atoms with Gasteiger partial charge in [0.05, 0.1) is 6.04 Å². The van der Waals surface area contributed by atoms with Crippen molar-refractivity contribution in [3.8, 4) is 0 Å². The molecule has 1 heterocycles. The van der Waals surface area contributed by atoms with E-state index in [1.165, 1.54) is 35.2 Å². The van der Waals surface area contributed by atoms with E-state index in [0.717, 1.165) is 6.42 Å². The van der Waals surface area contributed by atoms with E-state index in [2.05, 4.69) is 5.32 Å². The highest BCUT2D eigenvalue weighted by Crippen LogP contribution is 2.36. The summed E-state index contributed by atoms with van der Waals surface area (Å²) in [7, 11) is 0. The fraction of sp³-hybridized carbons (Fsp3) is 0.300. The Labute approximate surface area is 150 Å². The summed E-state index contributed by atoms with van der Waals surface area (Å²) in [5.41, 5.74) is 1.56. The first kappa shape index (κ1) is 18.0. The molecule has 0 spiro atoms. The van der Waals surface area contributed by atoms with E-state index < -0.39 is 17.7 Å². The lowest BCUT2D eigenvalue weighted by molar-refractivity contribution is -0.136. The first-order valence-corrected chi connectivity index (χ1v) is 8.64. The van der Waals surface area contributed by atoms with Crippen molar-refractivity contribution in [1.82, 2.24) is 4.90 Å². The number of anilines is 1. The highest BCUT2D eigenvalue weighted by Gasteiger charge is 2.33. The minimum absolute atomic E-state index is 0.138. The van der Waals surface area contributed by atoms with Gasteiger partial charge in [-0.05, 0) is 42.3 Å². The molecule has 3 rings (SSSR count). The Hall–Kier alpha value is -2.76. The van der Waals surface area contributed by atoms with Crippen LogP contribution < -0.4 is 5.32 Å². The van der Waals surface area contributed by atoms with Crippen LogP contribution in [0.1, 0.15) is 43.4 Å². The fourth-order valence-corrected chi connectivity index (χ4v) is 3.19. The number of amides is 2. The molecule has 0 bridgehead atoms. The minimum atomic E-state index is -0.662. The van der Waals surface area contributed by atoms with Gasteiger partial charge in [0.2, 0.25) is 11.8 Å². The zero-order valence-corrected chi connectivity index (χ0v) is 14.5. The van der Waals surface area contributed by atoms with Crippen LogP contribution in [-0.4, -0.2) is 23.3 Å². The molecule has 0 fully saturated rings. The maximum absolute atomic E-state index is 13.9. The topological polar surface area (TPSA) is 49.4 Å². The van der Waals surface area contributed by atoms with Gasteiger partial charge in [-0.15, -0.1) is 0 Å². The molecule has 1 atom stereocenters. The molecule has 4 nitrogen and oxygen atoms in total. The summed E-state index contributed by atoms with van der Waals surface area (Å²) in [5.74, 6) is -1.39. The van der Waals surface area contributed by atoms with Gasteiger partial charge in [-0.1, -0.05) is 25.5 Å². The van der Waals surface area contributed by atoms with E-state index in [9.17, 15) is 18.4 Å². The van der Waals surface area contributed by atoms with Crippen LogP contribution in [0.15, 0.2) is 42.5 Å². The molecule has 1 aliphatic heterocycles. The quantitative estimate of drug-likeness (QED) is 0.897. The third-order valence-electron chi connectivity index (χ3n) is 4.46. The van der Waals surface area contributed by atoms with Crippen molar-refractivity contribution in [1.29, 1.82) is 0 Å². The zero-order valence-electron chi connectivity index (χ0n) is 14.5. The minimum Gasteiger partial charge on any atom is -0.324 e. The molecule has 0 unspecified atom stereocenters. The molecule has 2 aromatic carbocycles. The lowest BCUT2D eigenvalue weighted by Crippen LogP contribution is -2.38. The third-order valence-corrected chi connectivity index (χ3v) is 4.46. The van der Waals surface area contributed by atoms with Gasteiger partial charge in [-0.2, -0.15) is 0 Å². The summed E-state index contributed by atoms with van der Waals surface area (Å²) in [4.78, 5) is 26.5. The summed E-state index contributed by atoms with van der Waals surface area (Å²) < 4.78 is 27.3. The summed E-state index contributed by atoms with van der Waals surface area (Å²) in [6.07, 6.45) is 1.84. The van der Waals surface area contributed by atoms with Crippen molar-refractivity contribution in [2.45, 2.75) is 32.2 Å². The maximum atomic E-state index is 13.9. The van der Waals surface area contributed by atoms with Crippen LogP contribution >= 0.6 is 0 Å². The second-order valence-electron chi connectivity index (χ2n) is 6.36. The summed E-state index contributed by atoms with van der Waals surface area (Å²) in [6, 6.07) is 9.11. The number of unbranched alkanes of at least 4 members (excludes halogenated alkanes) is 1. The molecule has 0 saturated heterocycles. The average molecular weight is 358 g/mol. The van der Waals surface area contributed by atoms with Crippen LogP contribution in [0.4, 0.5) is 14.5 Å². The lowest BCUT2D eigenvalue weighted by Gasteiger charge is -2.30. The monoisotopic (exact) mass is 358 g/mol. The highest BCUT2D eigenvalue weighted by molar-refractivity contribution is 5.97. The van der Waals surface area contributed by atoms with Crippen molar-refractivity contribution >= 4 is 17.5 Å². The third kappa shape index (κ3) is 3.74. The molecule has 0 aliphatic carbocycles. The number of hydrogen-bond donors (Lipinski definition) is 1. The van der Waals surface area contributed by atoms with Gasteiger partial charge in [-0.3, -0.25) is 9.59 Å². The number of carbonyl (C=O) groups is 2. The van der Waals surface area contributed by atoms with E-state index in [1.54, 1.807) is 12.1 Å². The Balaban J connectivity index is 2.12. The van der Waals surface area contributed by atoms with Crippen LogP contribution in [-0.2, 0) is 9.59 Å². The van der Waals surface area contributed by atoms with Crippen LogP contribution in [0.3, 0.4) is 0 Å². The maximum Gasteiger partial charge on any atom is 0.244 e. The van der Waals surface area contributed by atoms with E-state index in [4.69, 9.17) is 0 Å². The smallest absolute Gasteiger partial charge is 0.244 e. The van der Waals surface area contributed by atoms with Gasteiger partial charge in [0.1, 0.15) is 18.2 Å². The number of nitrogens with one attached hydrogen (secondary N) is 1. The van der Waals surface area contributed by atoms with Gasteiger partial charge in [0, 0.05) is 17.7 Å². The standard InChI is InChI=1S/C20H20F2N2O2/c1-2-3-4-19(26)24-12-18(25)23-17-10-9-15(22)11-16(17)20(24)13-5-7-14(21)8-6-13/h5-11,20H,2-4,12H2,1H3,(H,23,25)/t20-/m0/s1. The molecule has 0 radical (unpaired) electrons. The highest BCUT2D eigenvalue weighted by atomic mass is 19.1.